The van der Waals surface area contributed by atoms with Crippen molar-refractivity contribution in [3.8, 4) is 0 Å². The number of nitrogens with zero attached hydrogens (tertiary/aromatic N) is 2. The summed E-state index contributed by atoms with van der Waals surface area (Å²) >= 11 is 1.23. The van der Waals surface area contributed by atoms with Crippen molar-refractivity contribution in [1.29, 1.82) is 0 Å². The predicted octanol–water partition coefficient (Wildman–Crippen LogP) is 3.77. The van der Waals surface area contributed by atoms with Crippen LogP contribution in [0.25, 0.3) is 10.2 Å². The van der Waals surface area contributed by atoms with E-state index in [-0.39, 0.29) is 11.6 Å². The number of carbonyl (C=O) groups excluding carboxylic acids is 1. The predicted molar refractivity (Wildman–Crippen MR) is 85.4 cm³/mol. The van der Waals surface area contributed by atoms with Crippen LogP contribution in [0.3, 0.4) is 0 Å². The summed E-state index contributed by atoms with van der Waals surface area (Å²) in [6.45, 7) is 1.85. The van der Waals surface area contributed by atoms with Gasteiger partial charge in [0, 0.05) is 11.6 Å². The van der Waals surface area contributed by atoms with Gasteiger partial charge in [-0.25, -0.2) is 4.98 Å². The number of nitrogens with one attached hydrogen (secondary N) is 1. The van der Waals surface area contributed by atoms with Crippen molar-refractivity contribution in [3.05, 3.63) is 63.7 Å². The zero-order valence-corrected chi connectivity index (χ0v) is 12.4. The summed E-state index contributed by atoms with van der Waals surface area (Å²) in [7, 11) is 0. The number of hydrogen-bond donors (Lipinski definition) is 1. The van der Waals surface area contributed by atoms with Gasteiger partial charge in [-0.15, -0.1) is 0 Å². The van der Waals surface area contributed by atoms with Gasteiger partial charge in [0.05, 0.1) is 9.62 Å². The second kappa shape index (κ2) is 5.53. The summed E-state index contributed by atoms with van der Waals surface area (Å²) in [6.07, 6.45) is 0. The Morgan fingerprint density at radius 3 is 2.64 bits per heavy atom. The lowest BCUT2D eigenvalue weighted by atomic mass is 10.2. The third-order valence-corrected chi connectivity index (χ3v) is 4.28. The largest absolute Gasteiger partial charge is 0.298 e. The molecule has 1 N–H and O–H groups in total. The summed E-state index contributed by atoms with van der Waals surface area (Å²) in [6, 6.07) is 11.8. The molecule has 3 aromatic rings. The Kier molecular flexibility index (Phi) is 3.56. The van der Waals surface area contributed by atoms with E-state index in [4.69, 9.17) is 0 Å². The molecule has 0 saturated carbocycles. The molecule has 0 saturated heterocycles. The summed E-state index contributed by atoms with van der Waals surface area (Å²) in [5.41, 5.74) is 1.64. The van der Waals surface area contributed by atoms with Crippen molar-refractivity contribution in [2.45, 2.75) is 6.92 Å². The summed E-state index contributed by atoms with van der Waals surface area (Å²) in [5, 5.41) is 14.1. The molecule has 0 aliphatic rings. The Morgan fingerprint density at radius 2 is 1.95 bits per heavy atom. The molecule has 0 unspecified atom stereocenters. The van der Waals surface area contributed by atoms with E-state index in [9.17, 15) is 14.9 Å². The van der Waals surface area contributed by atoms with E-state index in [2.05, 4.69) is 10.3 Å². The van der Waals surface area contributed by atoms with Gasteiger partial charge in [0.25, 0.3) is 11.6 Å². The lowest BCUT2D eigenvalue weighted by Crippen LogP contribution is -2.11. The van der Waals surface area contributed by atoms with Gasteiger partial charge >= 0.3 is 0 Å². The molecule has 1 aromatic heterocycles. The van der Waals surface area contributed by atoms with Crippen LogP contribution in [0.2, 0.25) is 0 Å². The van der Waals surface area contributed by atoms with E-state index in [0.717, 1.165) is 5.56 Å². The molecule has 22 heavy (non-hydrogen) atoms. The van der Waals surface area contributed by atoms with E-state index >= 15 is 0 Å². The molecule has 1 amide bonds. The first-order chi connectivity index (χ1) is 10.6. The second-order valence-corrected chi connectivity index (χ2v) is 5.67. The van der Waals surface area contributed by atoms with E-state index < -0.39 is 4.92 Å². The molecule has 3 rings (SSSR count). The van der Waals surface area contributed by atoms with E-state index in [1.165, 1.54) is 17.4 Å². The SMILES string of the molecule is Cc1ccc([N+](=O)[O-])c2nc(NC(=O)c3ccccc3)sc12. The van der Waals surface area contributed by atoms with Crippen LogP contribution in [0.5, 0.6) is 0 Å². The van der Waals surface area contributed by atoms with Gasteiger partial charge in [0.1, 0.15) is 0 Å². The highest BCUT2D eigenvalue weighted by atomic mass is 32.1. The summed E-state index contributed by atoms with van der Waals surface area (Å²) in [4.78, 5) is 26.9. The molecule has 7 heteroatoms. The number of amides is 1. The fourth-order valence-corrected chi connectivity index (χ4v) is 3.03. The van der Waals surface area contributed by atoms with E-state index in [1.54, 1.807) is 30.3 Å². The van der Waals surface area contributed by atoms with Gasteiger partial charge in [0.15, 0.2) is 10.6 Å². The quantitative estimate of drug-likeness (QED) is 0.589. The maximum Gasteiger partial charge on any atom is 0.296 e. The standard InChI is InChI=1S/C15H11N3O3S/c1-9-7-8-11(18(20)21)12-13(9)22-15(16-12)17-14(19)10-5-3-2-4-6-10/h2-8H,1H3,(H,16,17,19). The number of non-ortho nitro benzene ring substituents is 1. The molecule has 0 spiro atoms. The Labute approximate surface area is 129 Å². The van der Waals surface area contributed by atoms with Crippen LogP contribution in [-0.4, -0.2) is 15.8 Å². The Bertz CT molecular complexity index is 874. The molecule has 110 valence electrons. The minimum atomic E-state index is -0.468. The van der Waals surface area contributed by atoms with Crippen molar-refractivity contribution in [2.24, 2.45) is 0 Å². The number of anilines is 1. The van der Waals surface area contributed by atoms with Gasteiger partial charge in [-0.2, -0.15) is 0 Å². The average molecular weight is 313 g/mol. The zero-order chi connectivity index (χ0) is 15.7. The molecule has 1 heterocycles. The van der Waals surface area contributed by atoms with Gasteiger partial charge in [-0.1, -0.05) is 35.6 Å². The third kappa shape index (κ3) is 2.53. The van der Waals surface area contributed by atoms with Crippen molar-refractivity contribution < 1.29 is 9.72 Å². The minimum Gasteiger partial charge on any atom is -0.298 e. The Morgan fingerprint density at radius 1 is 1.23 bits per heavy atom. The average Bonchev–Trinajstić information content (AvgIpc) is 2.92. The number of hydrogen-bond acceptors (Lipinski definition) is 5. The second-order valence-electron chi connectivity index (χ2n) is 4.68. The van der Waals surface area contributed by atoms with Crippen molar-refractivity contribution >= 4 is 38.3 Å². The number of aromatic nitrogens is 1. The third-order valence-electron chi connectivity index (χ3n) is 3.17. The fraction of sp³-hybridized carbons (Fsp3) is 0.0667. The van der Waals surface area contributed by atoms with Gasteiger partial charge in [-0.05, 0) is 24.6 Å². The van der Waals surface area contributed by atoms with Crippen LogP contribution in [0.15, 0.2) is 42.5 Å². The minimum absolute atomic E-state index is 0.0583. The molecule has 6 nitrogen and oxygen atoms in total. The topological polar surface area (TPSA) is 85.1 Å². The molecule has 2 aromatic carbocycles. The highest BCUT2D eigenvalue weighted by Gasteiger charge is 2.19. The molecule has 0 radical (unpaired) electrons. The summed E-state index contributed by atoms with van der Waals surface area (Å²) < 4.78 is 0.706. The van der Waals surface area contributed by atoms with Crippen LogP contribution < -0.4 is 5.32 Å². The lowest BCUT2D eigenvalue weighted by molar-refractivity contribution is -0.383. The number of thiazole rings is 1. The van der Waals surface area contributed by atoms with Gasteiger partial charge in [0.2, 0.25) is 0 Å². The molecule has 0 atom stereocenters. The Balaban J connectivity index is 1.99. The summed E-state index contributed by atoms with van der Waals surface area (Å²) in [5.74, 6) is -0.292. The molecule has 0 aliphatic heterocycles. The first kappa shape index (κ1) is 14.2. The maximum absolute atomic E-state index is 12.1. The van der Waals surface area contributed by atoms with Crippen LogP contribution in [0.4, 0.5) is 10.8 Å². The number of nitro benzene ring substituents is 1. The zero-order valence-electron chi connectivity index (χ0n) is 11.6. The van der Waals surface area contributed by atoms with Crippen LogP contribution >= 0.6 is 11.3 Å². The van der Waals surface area contributed by atoms with Gasteiger partial charge in [-0.3, -0.25) is 20.2 Å². The lowest BCUT2D eigenvalue weighted by Gasteiger charge is -2.00. The molecule has 0 aliphatic carbocycles. The number of fused-ring (bicyclic) bond motifs is 1. The fourth-order valence-electron chi connectivity index (χ4n) is 2.08. The van der Waals surface area contributed by atoms with Crippen molar-refractivity contribution in [3.63, 3.8) is 0 Å². The number of rotatable bonds is 3. The molecular formula is C15H11N3O3S. The first-order valence-corrected chi connectivity index (χ1v) is 7.29. The van der Waals surface area contributed by atoms with E-state index in [0.29, 0.717) is 20.9 Å². The number of benzene rings is 2. The molecular weight excluding hydrogens is 302 g/mol. The first-order valence-electron chi connectivity index (χ1n) is 6.47. The molecule has 0 fully saturated rings. The monoisotopic (exact) mass is 313 g/mol. The normalized spacial score (nSPS) is 10.6. The highest BCUT2D eigenvalue weighted by molar-refractivity contribution is 7.22. The van der Waals surface area contributed by atoms with Crippen LogP contribution in [-0.2, 0) is 0 Å². The smallest absolute Gasteiger partial charge is 0.296 e. The van der Waals surface area contributed by atoms with Gasteiger partial charge < -0.3 is 0 Å². The number of nitro groups is 1. The van der Waals surface area contributed by atoms with Crippen LogP contribution in [0.1, 0.15) is 15.9 Å². The maximum atomic E-state index is 12.1. The van der Waals surface area contributed by atoms with Crippen LogP contribution in [0, 0.1) is 17.0 Å². The molecule has 0 bridgehead atoms. The van der Waals surface area contributed by atoms with Crippen molar-refractivity contribution in [1.82, 2.24) is 4.98 Å². The highest BCUT2D eigenvalue weighted by Crippen LogP contribution is 2.34. The number of aryl methyl sites for hydroxylation is 1. The van der Waals surface area contributed by atoms with E-state index in [1.807, 2.05) is 13.0 Å². The Hall–Kier alpha value is -2.80. The number of carbonyl (C=O) groups is 1. The van der Waals surface area contributed by atoms with Crippen molar-refractivity contribution in [2.75, 3.05) is 5.32 Å².